The van der Waals surface area contributed by atoms with Gasteiger partial charge in [0.25, 0.3) is 5.91 Å². The molecule has 1 aromatic heterocycles. The van der Waals surface area contributed by atoms with Crippen molar-refractivity contribution < 1.29 is 18.7 Å². The lowest BCUT2D eigenvalue weighted by molar-refractivity contribution is -0.134. The highest BCUT2D eigenvalue weighted by Crippen LogP contribution is 2.31. The predicted molar refractivity (Wildman–Crippen MR) is 99.8 cm³/mol. The summed E-state index contributed by atoms with van der Waals surface area (Å²) in [5, 5.41) is 0. The minimum atomic E-state index is -0.670. The predicted octanol–water partition coefficient (Wildman–Crippen LogP) is 3.70. The summed E-state index contributed by atoms with van der Waals surface area (Å²) in [4.78, 5) is 27.9. The van der Waals surface area contributed by atoms with Gasteiger partial charge >= 0.3 is 5.97 Å². The van der Waals surface area contributed by atoms with Gasteiger partial charge in [0.05, 0.1) is 9.90 Å². The normalized spacial score (nSPS) is 14.4. The molecule has 0 atom stereocenters. The van der Waals surface area contributed by atoms with Crippen LogP contribution in [-0.4, -0.2) is 49.6 Å². The first kappa shape index (κ1) is 18.9. The standard InChI is InChI=1S/C17H15Cl2FN2O3S/c18-14-9-13(16(19)26-14)17(24)25-10-15(23)22-7-5-21(6-8-22)12-3-1-11(20)2-4-12/h1-4,9H,5-8,10H2. The van der Waals surface area contributed by atoms with Gasteiger partial charge in [0.2, 0.25) is 0 Å². The summed E-state index contributed by atoms with van der Waals surface area (Å²) < 4.78 is 18.6. The summed E-state index contributed by atoms with van der Waals surface area (Å²) in [6.07, 6.45) is 0. The Morgan fingerprint density at radius 1 is 1.12 bits per heavy atom. The zero-order chi connectivity index (χ0) is 18.7. The number of halogens is 3. The molecular formula is C17H15Cl2FN2O3S. The van der Waals surface area contributed by atoms with E-state index in [-0.39, 0.29) is 28.2 Å². The Labute approximate surface area is 163 Å². The lowest BCUT2D eigenvalue weighted by Crippen LogP contribution is -2.49. The molecule has 26 heavy (non-hydrogen) atoms. The van der Waals surface area contributed by atoms with Crippen LogP contribution >= 0.6 is 34.5 Å². The van der Waals surface area contributed by atoms with Crippen LogP contribution in [0.15, 0.2) is 30.3 Å². The zero-order valence-electron chi connectivity index (χ0n) is 13.6. The highest BCUT2D eigenvalue weighted by Gasteiger charge is 2.23. The molecular weight excluding hydrogens is 402 g/mol. The van der Waals surface area contributed by atoms with Gasteiger partial charge in [-0.25, -0.2) is 9.18 Å². The summed E-state index contributed by atoms with van der Waals surface area (Å²) in [6.45, 7) is 1.89. The number of nitrogens with zero attached hydrogens (tertiary/aromatic N) is 2. The fraction of sp³-hybridized carbons (Fsp3) is 0.294. The van der Waals surface area contributed by atoms with Gasteiger partial charge in [-0.3, -0.25) is 4.79 Å². The Balaban J connectivity index is 1.48. The third-order valence-electron chi connectivity index (χ3n) is 4.03. The molecule has 1 saturated heterocycles. The van der Waals surface area contributed by atoms with Crippen molar-refractivity contribution in [2.45, 2.75) is 0 Å². The number of anilines is 1. The highest BCUT2D eigenvalue weighted by molar-refractivity contribution is 7.20. The first-order valence-electron chi connectivity index (χ1n) is 7.84. The second-order valence-electron chi connectivity index (χ2n) is 5.66. The van der Waals surface area contributed by atoms with Crippen LogP contribution in [0.3, 0.4) is 0 Å². The van der Waals surface area contributed by atoms with E-state index in [2.05, 4.69) is 4.90 Å². The molecule has 3 rings (SSSR count). The van der Waals surface area contributed by atoms with E-state index in [1.807, 2.05) is 0 Å². The molecule has 0 saturated carbocycles. The van der Waals surface area contributed by atoms with Crippen LogP contribution in [0.4, 0.5) is 10.1 Å². The van der Waals surface area contributed by atoms with E-state index in [1.165, 1.54) is 18.2 Å². The third kappa shape index (κ3) is 4.47. The Morgan fingerprint density at radius 2 is 1.77 bits per heavy atom. The van der Waals surface area contributed by atoms with Crippen molar-refractivity contribution in [1.29, 1.82) is 0 Å². The average Bonchev–Trinajstić information content (AvgIpc) is 2.98. The maximum absolute atomic E-state index is 13.0. The average molecular weight is 417 g/mol. The zero-order valence-corrected chi connectivity index (χ0v) is 15.9. The third-order valence-corrected chi connectivity index (χ3v) is 5.52. The molecule has 0 radical (unpaired) electrons. The summed E-state index contributed by atoms with van der Waals surface area (Å²) in [7, 11) is 0. The fourth-order valence-corrected chi connectivity index (χ4v) is 4.08. The number of amides is 1. The van der Waals surface area contributed by atoms with Gasteiger partial charge < -0.3 is 14.5 Å². The van der Waals surface area contributed by atoms with Crippen molar-refractivity contribution in [2.75, 3.05) is 37.7 Å². The van der Waals surface area contributed by atoms with Crippen LogP contribution in [0.25, 0.3) is 0 Å². The van der Waals surface area contributed by atoms with Crippen molar-refractivity contribution in [3.63, 3.8) is 0 Å². The molecule has 138 valence electrons. The molecule has 2 aromatic rings. The van der Waals surface area contributed by atoms with Gasteiger partial charge in [-0.1, -0.05) is 23.2 Å². The van der Waals surface area contributed by atoms with Crippen molar-refractivity contribution in [1.82, 2.24) is 4.90 Å². The van der Waals surface area contributed by atoms with Gasteiger partial charge in [0.15, 0.2) is 6.61 Å². The number of piperazine rings is 1. The highest BCUT2D eigenvalue weighted by atomic mass is 35.5. The summed E-state index contributed by atoms with van der Waals surface area (Å²) in [5.74, 6) is -1.22. The molecule has 1 aromatic carbocycles. The number of benzene rings is 1. The van der Waals surface area contributed by atoms with Crippen LogP contribution < -0.4 is 4.90 Å². The Morgan fingerprint density at radius 3 is 2.35 bits per heavy atom. The van der Waals surface area contributed by atoms with Gasteiger partial charge in [-0.2, -0.15) is 0 Å². The first-order valence-corrected chi connectivity index (χ1v) is 9.41. The quantitative estimate of drug-likeness (QED) is 0.712. The lowest BCUT2D eigenvalue weighted by atomic mass is 10.2. The summed E-state index contributed by atoms with van der Waals surface area (Å²) >= 11 is 12.8. The molecule has 0 bridgehead atoms. The molecule has 1 amide bonds. The number of rotatable bonds is 4. The number of ether oxygens (including phenoxy) is 1. The topological polar surface area (TPSA) is 49.9 Å². The van der Waals surface area contributed by atoms with Crippen molar-refractivity contribution in [3.8, 4) is 0 Å². The number of hydrogen-bond acceptors (Lipinski definition) is 5. The number of carbonyl (C=O) groups is 2. The van der Waals surface area contributed by atoms with Crippen LogP contribution in [0, 0.1) is 5.82 Å². The number of esters is 1. The van der Waals surface area contributed by atoms with E-state index < -0.39 is 5.97 Å². The van der Waals surface area contributed by atoms with Crippen LogP contribution in [-0.2, 0) is 9.53 Å². The minimum Gasteiger partial charge on any atom is -0.452 e. The second-order valence-corrected chi connectivity index (χ2v) is 7.94. The van der Waals surface area contributed by atoms with Gasteiger partial charge in [0, 0.05) is 31.9 Å². The van der Waals surface area contributed by atoms with Crippen LogP contribution in [0.2, 0.25) is 8.67 Å². The monoisotopic (exact) mass is 416 g/mol. The second kappa shape index (κ2) is 8.24. The van der Waals surface area contributed by atoms with Gasteiger partial charge in [0.1, 0.15) is 10.2 Å². The van der Waals surface area contributed by atoms with Crippen molar-refractivity contribution >= 4 is 52.1 Å². The van der Waals surface area contributed by atoms with E-state index in [0.717, 1.165) is 17.0 Å². The molecule has 0 aliphatic carbocycles. The molecule has 1 aliphatic heterocycles. The fourth-order valence-electron chi connectivity index (χ4n) is 2.64. The minimum absolute atomic E-state index is 0.163. The molecule has 0 unspecified atom stereocenters. The van der Waals surface area contributed by atoms with E-state index in [4.69, 9.17) is 27.9 Å². The number of thiophene rings is 1. The van der Waals surface area contributed by atoms with Crippen molar-refractivity contribution in [2.24, 2.45) is 0 Å². The van der Waals surface area contributed by atoms with Gasteiger partial charge in [-0.15, -0.1) is 11.3 Å². The Hall–Kier alpha value is -1.83. The molecule has 1 fully saturated rings. The van der Waals surface area contributed by atoms with E-state index in [0.29, 0.717) is 30.5 Å². The SMILES string of the molecule is O=C(OCC(=O)N1CCN(c2ccc(F)cc2)CC1)c1cc(Cl)sc1Cl. The molecule has 1 aliphatic rings. The molecule has 9 heteroatoms. The smallest absolute Gasteiger partial charge is 0.341 e. The molecule has 2 heterocycles. The van der Waals surface area contributed by atoms with Crippen LogP contribution in [0.1, 0.15) is 10.4 Å². The molecule has 0 N–H and O–H groups in total. The Kier molecular flexibility index (Phi) is 6.01. The maximum Gasteiger partial charge on any atom is 0.341 e. The van der Waals surface area contributed by atoms with Gasteiger partial charge in [-0.05, 0) is 30.3 Å². The molecule has 0 spiro atoms. The van der Waals surface area contributed by atoms with Crippen LogP contribution in [0.5, 0.6) is 0 Å². The first-order chi connectivity index (χ1) is 12.4. The molecule has 5 nitrogen and oxygen atoms in total. The Bertz CT molecular complexity index is 805. The summed E-state index contributed by atoms with van der Waals surface area (Å²) in [6, 6.07) is 7.67. The number of hydrogen-bond donors (Lipinski definition) is 0. The van der Waals surface area contributed by atoms with Crippen molar-refractivity contribution in [3.05, 3.63) is 50.4 Å². The van der Waals surface area contributed by atoms with E-state index >= 15 is 0 Å². The summed E-state index contributed by atoms with van der Waals surface area (Å²) in [5.41, 5.74) is 1.07. The number of carbonyl (C=O) groups excluding carboxylic acids is 2. The largest absolute Gasteiger partial charge is 0.452 e. The maximum atomic E-state index is 13.0. The van der Waals surface area contributed by atoms with E-state index in [9.17, 15) is 14.0 Å². The lowest BCUT2D eigenvalue weighted by Gasteiger charge is -2.36. The van der Waals surface area contributed by atoms with E-state index in [1.54, 1.807) is 17.0 Å².